The van der Waals surface area contributed by atoms with Gasteiger partial charge in [0.25, 0.3) is 0 Å². The van der Waals surface area contributed by atoms with Gasteiger partial charge in [0.15, 0.2) is 5.65 Å². The Balaban J connectivity index is 1.89. The first-order valence-electron chi connectivity index (χ1n) is 7.43. The highest BCUT2D eigenvalue weighted by Crippen LogP contribution is 2.28. The van der Waals surface area contributed by atoms with Gasteiger partial charge < -0.3 is 0 Å². The Morgan fingerprint density at radius 3 is 2.62 bits per heavy atom. The number of halogens is 1. The van der Waals surface area contributed by atoms with Crippen LogP contribution in [0.1, 0.15) is 30.5 Å². The molecule has 0 spiro atoms. The van der Waals surface area contributed by atoms with Crippen molar-refractivity contribution in [3.8, 4) is 11.1 Å². The third kappa shape index (κ3) is 2.27. The number of nitrogens with zero attached hydrogens (tertiary/aromatic N) is 3. The van der Waals surface area contributed by atoms with Gasteiger partial charge in [-0.05, 0) is 48.9 Å². The predicted octanol–water partition coefficient (Wildman–Crippen LogP) is 4.43. The number of fused-ring (bicyclic) bond motifs is 3. The topological polar surface area (TPSA) is 30.2 Å². The van der Waals surface area contributed by atoms with Gasteiger partial charge in [-0.1, -0.05) is 34.5 Å². The molecule has 2 heterocycles. The third-order valence-corrected chi connectivity index (χ3v) is 4.76. The summed E-state index contributed by atoms with van der Waals surface area (Å²) in [5.74, 6) is 0. The van der Waals surface area contributed by atoms with E-state index in [2.05, 4.69) is 61.0 Å². The molecule has 0 saturated carbocycles. The zero-order chi connectivity index (χ0) is 14.2. The van der Waals surface area contributed by atoms with Gasteiger partial charge in [0, 0.05) is 21.9 Å². The van der Waals surface area contributed by atoms with Gasteiger partial charge in [-0.15, -0.1) is 0 Å². The lowest BCUT2D eigenvalue weighted by atomic mass is 10.1. The highest BCUT2D eigenvalue weighted by atomic mass is 79.9. The molecule has 106 valence electrons. The number of aromatic nitrogens is 3. The van der Waals surface area contributed by atoms with Crippen LogP contribution in [0.25, 0.3) is 16.8 Å². The summed E-state index contributed by atoms with van der Waals surface area (Å²) in [5, 5.41) is 4.61. The maximum absolute atomic E-state index is 4.68. The lowest BCUT2D eigenvalue weighted by Gasteiger charge is -2.08. The van der Waals surface area contributed by atoms with Crippen molar-refractivity contribution >= 4 is 21.6 Å². The van der Waals surface area contributed by atoms with Gasteiger partial charge in [0.05, 0.1) is 6.20 Å². The number of hydrogen-bond donors (Lipinski definition) is 0. The van der Waals surface area contributed by atoms with E-state index in [0.29, 0.717) is 0 Å². The molecule has 3 aromatic rings. The average molecular weight is 342 g/mol. The van der Waals surface area contributed by atoms with Crippen LogP contribution in [0.4, 0.5) is 0 Å². The minimum absolute atomic E-state index is 0.970. The van der Waals surface area contributed by atoms with Gasteiger partial charge in [-0.2, -0.15) is 5.10 Å². The van der Waals surface area contributed by atoms with Crippen molar-refractivity contribution in [1.29, 1.82) is 0 Å². The minimum atomic E-state index is 0.970. The molecular weight excluding hydrogens is 326 g/mol. The fourth-order valence-electron chi connectivity index (χ4n) is 3.11. The van der Waals surface area contributed by atoms with E-state index in [1.165, 1.54) is 30.5 Å². The average Bonchev–Trinajstić information content (AvgIpc) is 2.78. The van der Waals surface area contributed by atoms with Gasteiger partial charge >= 0.3 is 0 Å². The zero-order valence-corrected chi connectivity index (χ0v) is 13.3. The molecule has 0 atom stereocenters. The number of benzene rings is 1. The first kappa shape index (κ1) is 13.0. The summed E-state index contributed by atoms with van der Waals surface area (Å²) in [6.45, 7) is 0. The van der Waals surface area contributed by atoms with Gasteiger partial charge in [-0.25, -0.2) is 9.50 Å². The van der Waals surface area contributed by atoms with Crippen molar-refractivity contribution in [2.45, 2.75) is 32.1 Å². The smallest absolute Gasteiger partial charge is 0.163 e. The molecule has 0 amide bonds. The largest absolute Gasteiger partial charge is 0.236 e. The van der Waals surface area contributed by atoms with Crippen LogP contribution < -0.4 is 0 Å². The molecule has 0 aliphatic heterocycles. The highest BCUT2D eigenvalue weighted by molar-refractivity contribution is 9.10. The summed E-state index contributed by atoms with van der Waals surface area (Å²) in [6, 6.07) is 8.33. The van der Waals surface area contributed by atoms with Crippen LogP contribution in [0.3, 0.4) is 0 Å². The fourth-order valence-corrected chi connectivity index (χ4v) is 3.37. The molecule has 1 aliphatic carbocycles. The molecule has 4 rings (SSSR count). The number of hydrogen-bond acceptors (Lipinski definition) is 2. The van der Waals surface area contributed by atoms with Gasteiger partial charge in [-0.3, -0.25) is 0 Å². The molecular formula is C17H16BrN3. The molecule has 0 fully saturated rings. The Labute approximate surface area is 132 Å². The normalized spacial score (nSPS) is 14.9. The van der Waals surface area contributed by atoms with Crippen molar-refractivity contribution in [2.75, 3.05) is 0 Å². The molecule has 0 radical (unpaired) electrons. The van der Waals surface area contributed by atoms with E-state index in [-0.39, 0.29) is 0 Å². The van der Waals surface area contributed by atoms with Crippen molar-refractivity contribution in [3.05, 3.63) is 52.4 Å². The SMILES string of the molecule is Brc1ccc(-c2cnn3c4c(cnc23)CCCCC4)cc1. The van der Waals surface area contributed by atoms with E-state index >= 15 is 0 Å². The minimum Gasteiger partial charge on any atom is -0.236 e. The Morgan fingerprint density at radius 1 is 0.952 bits per heavy atom. The van der Waals surface area contributed by atoms with E-state index in [1.807, 2.05) is 6.20 Å². The highest BCUT2D eigenvalue weighted by Gasteiger charge is 2.16. The Hall–Kier alpha value is -1.68. The van der Waals surface area contributed by atoms with Crippen molar-refractivity contribution < 1.29 is 0 Å². The van der Waals surface area contributed by atoms with Crippen LogP contribution >= 0.6 is 15.9 Å². The molecule has 0 N–H and O–H groups in total. The Kier molecular flexibility index (Phi) is 3.26. The van der Waals surface area contributed by atoms with E-state index in [1.54, 1.807) is 0 Å². The summed E-state index contributed by atoms with van der Waals surface area (Å²) in [5.41, 5.74) is 5.95. The molecule has 0 saturated heterocycles. The van der Waals surface area contributed by atoms with E-state index in [4.69, 9.17) is 0 Å². The zero-order valence-electron chi connectivity index (χ0n) is 11.7. The van der Waals surface area contributed by atoms with Crippen LogP contribution in [0.5, 0.6) is 0 Å². The Morgan fingerprint density at radius 2 is 1.76 bits per heavy atom. The fraction of sp³-hybridized carbons (Fsp3) is 0.294. The Bertz CT molecular complexity index is 790. The van der Waals surface area contributed by atoms with Gasteiger partial charge in [0.1, 0.15) is 0 Å². The summed E-state index contributed by atoms with van der Waals surface area (Å²) in [6.07, 6.45) is 10.1. The molecule has 3 nitrogen and oxygen atoms in total. The molecule has 4 heteroatoms. The maximum atomic E-state index is 4.68. The number of aryl methyl sites for hydroxylation is 2. The third-order valence-electron chi connectivity index (χ3n) is 4.23. The van der Waals surface area contributed by atoms with Crippen LogP contribution in [0, 0.1) is 0 Å². The second-order valence-corrected chi connectivity index (χ2v) is 6.51. The number of rotatable bonds is 1. The first-order chi connectivity index (χ1) is 10.3. The summed E-state index contributed by atoms with van der Waals surface area (Å²) in [7, 11) is 0. The molecule has 1 aliphatic rings. The summed E-state index contributed by atoms with van der Waals surface area (Å²) in [4.78, 5) is 4.68. The lowest BCUT2D eigenvalue weighted by molar-refractivity contribution is 0.702. The summed E-state index contributed by atoms with van der Waals surface area (Å²) < 4.78 is 3.14. The monoisotopic (exact) mass is 341 g/mol. The van der Waals surface area contributed by atoms with Crippen molar-refractivity contribution in [1.82, 2.24) is 14.6 Å². The van der Waals surface area contributed by atoms with E-state index < -0.39 is 0 Å². The summed E-state index contributed by atoms with van der Waals surface area (Å²) >= 11 is 3.48. The van der Waals surface area contributed by atoms with Crippen molar-refractivity contribution in [2.24, 2.45) is 0 Å². The predicted molar refractivity (Wildman–Crippen MR) is 87.4 cm³/mol. The van der Waals surface area contributed by atoms with Gasteiger partial charge in [0.2, 0.25) is 0 Å². The van der Waals surface area contributed by atoms with Crippen LogP contribution in [-0.4, -0.2) is 14.6 Å². The molecule has 0 unspecified atom stereocenters. The maximum Gasteiger partial charge on any atom is 0.163 e. The first-order valence-corrected chi connectivity index (χ1v) is 8.23. The van der Waals surface area contributed by atoms with Crippen LogP contribution in [0.15, 0.2) is 41.1 Å². The van der Waals surface area contributed by atoms with Crippen LogP contribution in [-0.2, 0) is 12.8 Å². The molecule has 2 aromatic heterocycles. The molecule has 0 bridgehead atoms. The standard InChI is InChI=1S/C17H16BrN3/c18-14-8-6-12(7-9-14)15-11-20-21-16-5-3-1-2-4-13(16)10-19-17(15)21/h6-11H,1-5H2. The molecule has 21 heavy (non-hydrogen) atoms. The van der Waals surface area contributed by atoms with Crippen molar-refractivity contribution in [3.63, 3.8) is 0 Å². The lowest BCUT2D eigenvalue weighted by Crippen LogP contribution is -2.04. The molecule has 1 aromatic carbocycles. The van der Waals surface area contributed by atoms with Crippen LogP contribution in [0.2, 0.25) is 0 Å². The van der Waals surface area contributed by atoms with E-state index in [9.17, 15) is 0 Å². The second-order valence-electron chi connectivity index (χ2n) is 5.59. The quantitative estimate of drug-likeness (QED) is 0.613. The van der Waals surface area contributed by atoms with E-state index in [0.717, 1.165) is 34.1 Å². The second kappa shape index (κ2) is 5.26.